The van der Waals surface area contributed by atoms with E-state index >= 15 is 4.79 Å². The van der Waals surface area contributed by atoms with Gasteiger partial charge in [0.2, 0.25) is 0 Å². The van der Waals surface area contributed by atoms with E-state index in [1.807, 2.05) is 73.8 Å². The average molecular weight is 867 g/mol. The third kappa shape index (κ3) is 8.10. The summed E-state index contributed by atoms with van der Waals surface area (Å²) in [6.45, 7) is 7.00. The maximum absolute atomic E-state index is 15.4. The number of aromatic nitrogens is 3. The van der Waals surface area contributed by atoms with Gasteiger partial charge in [-0.05, 0) is 77.7 Å². The molecule has 0 radical (unpaired) electrons. The fourth-order valence-corrected chi connectivity index (χ4v) is 13.7. The molecule has 2 aliphatic heterocycles. The molecule has 1 fully saturated rings. The molecule has 0 bridgehead atoms. The molecule has 5 aromatic carbocycles. The number of hydrogen-bond acceptors (Lipinski definition) is 10. The van der Waals surface area contributed by atoms with Crippen LogP contribution < -0.4 is 24.9 Å². The number of ether oxygens (including phenoxy) is 3. The fourth-order valence-electron chi connectivity index (χ4n) is 9.61. The van der Waals surface area contributed by atoms with Crippen molar-refractivity contribution in [1.82, 2.24) is 15.0 Å². The molecule has 1 aromatic heterocycles. The lowest BCUT2D eigenvalue weighted by atomic mass is 9.82. The van der Waals surface area contributed by atoms with E-state index in [0.717, 1.165) is 22.1 Å². The number of carbonyl (C=O) groups excluding carboxylic acids is 2. The number of nitrogens with one attached hydrogen (secondary N) is 1. The van der Waals surface area contributed by atoms with Gasteiger partial charge in [-0.2, -0.15) is 0 Å². The van der Waals surface area contributed by atoms with Crippen molar-refractivity contribution in [2.24, 2.45) is 5.92 Å². The average Bonchev–Trinajstić information content (AvgIpc) is 3.96. The molecule has 5 atom stereocenters. The number of carbonyl (C=O) groups is 2. The standard InChI is InChI=1S/C48H50N6O8Si/c1-31-45(63(4,5)39-21-19-38(61-3)20-22-39)44(24-25-52-29-42(50-51-52)40(30-55)33-11-7-6-8-12-33)62-48(31)41-27-36(54(58)59)16-23-43(41)53(47(48)57)28-32-10-9-13-35(26-32)49-46(56)34-14-17-37(60-2)18-15-34/h6-23,26-27,29,31,40,44-45,55H,24-25,28,30H2,1-5H3,(H,49,56)/t31-,40?,44+,45-,48+/m0/s1. The maximum atomic E-state index is 15.4. The Morgan fingerprint density at radius 2 is 1.65 bits per heavy atom. The highest BCUT2D eigenvalue weighted by molar-refractivity contribution is 6.91. The summed E-state index contributed by atoms with van der Waals surface area (Å²) in [5.41, 5.74) is 2.47. The zero-order chi connectivity index (χ0) is 44.5. The number of non-ortho nitro benzene ring substituents is 1. The molecule has 15 heteroatoms. The van der Waals surface area contributed by atoms with Crippen LogP contribution in [-0.2, 0) is 28.2 Å². The van der Waals surface area contributed by atoms with Crippen LogP contribution in [0.15, 0.2) is 128 Å². The topological polar surface area (TPSA) is 171 Å². The van der Waals surface area contributed by atoms with E-state index < -0.39 is 30.6 Å². The first-order valence-corrected chi connectivity index (χ1v) is 24.0. The molecule has 2 aliphatic rings. The van der Waals surface area contributed by atoms with Crippen molar-refractivity contribution in [1.29, 1.82) is 0 Å². The van der Waals surface area contributed by atoms with Crippen LogP contribution >= 0.6 is 0 Å². The highest BCUT2D eigenvalue weighted by Gasteiger charge is 2.66. The van der Waals surface area contributed by atoms with Crippen molar-refractivity contribution in [2.75, 3.05) is 31.0 Å². The molecule has 0 saturated carbocycles. The lowest BCUT2D eigenvalue weighted by Crippen LogP contribution is -2.51. The molecule has 1 saturated heterocycles. The first kappa shape index (κ1) is 43.0. The first-order valence-electron chi connectivity index (χ1n) is 20.9. The monoisotopic (exact) mass is 866 g/mol. The number of aliphatic hydroxyl groups excluding tert-OH is 1. The first-order chi connectivity index (χ1) is 30.4. The Bertz CT molecular complexity index is 2620. The molecule has 2 N–H and O–H groups in total. The summed E-state index contributed by atoms with van der Waals surface area (Å²) in [5.74, 6) is 0.00393. The number of nitro benzene ring substituents is 1. The van der Waals surface area contributed by atoms with Gasteiger partial charge in [-0.25, -0.2) is 0 Å². The van der Waals surface area contributed by atoms with Crippen LogP contribution in [-0.4, -0.2) is 71.8 Å². The molecule has 0 aliphatic carbocycles. The van der Waals surface area contributed by atoms with E-state index in [1.165, 1.54) is 12.1 Å². The molecule has 1 spiro atoms. The van der Waals surface area contributed by atoms with Crippen molar-refractivity contribution in [3.8, 4) is 11.5 Å². The second-order valence-corrected chi connectivity index (χ2v) is 21.4. The summed E-state index contributed by atoms with van der Waals surface area (Å²) in [7, 11) is 0.640. The summed E-state index contributed by atoms with van der Waals surface area (Å²) in [6.07, 6.45) is 1.85. The Morgan fingerprint density at radius 1 is 0.952 bits per heavy atom. The highest BCUT2D eigenvalue weighted by atomic mass is 28.3. The van der Waals surface area contributed by atoms with Gasteiger partial charge in [-0.1, -0.05) is 85.0 Å². The summed E-state index contributed by atoms with van der Waals surface area (Å²) in [6, 6.07) is 36.4. The molecule has 14 nitrogen and oxygen atoms in total. The van der Waals surface area contributed by atoms with E-state index in [0.29, 0.717) is 46.9 Å². The van der Waals surface area contributed by atoms with E-state index in [2.05, 4.69) is 40.9 Å². The van der Waals surface area contributed by atoms with Crippen LogP contribution in [0.3, 0.4) is 0 Å². The molecule has 324 valence electrons. The summed E-state index contributed by atoms with van der Waals surface area (Å²) in [4.78, 5) is 42.2. The molecule has 3 heterocycles. The van der Waals surface area contributed by atoms with Gasteiger partial charge >= 0.3 is 0 Å². The van der Waals surface area contributed by atoms with E-state index in [9.17, 15) is 20.0 Å². The van der Waals surface area contributed by atoms with Crippen molar-refractivity contribution in [3.05, 3.63) is 166 Å². The quantitative estimate of drug-likeness (QED) is 0.0601. The number of nitro groups is 1. The lowest BCUT2D eigenvalue weighted by Gasteiger charge is -2.37. The Morgan fingerprint density at radius 3 is 2.32 bits per heavy atom. The normalized spacial score (nSPS) is 19.8. The number of anilines is 2. The Balaban J connectivity index is 1.14. The minimum Gasteiger partial charge on any atom is -0.497 e. The van der Waals surface area contributed by atoms with E-state index in [-0.39, 0.29) is 42.1 Å². The number of amides is 2. The van der Waals surface area contributed by atoms with Gasteiger partial charge < -0.3 is 29.5 Å². The van der Waals surface area contributed by atoms with Crippen LogP contribution in [0.25, 0.3) is 0 Å². The highest BCUT2D eigenvalue weighted by Crippen LogP contribution is 2.60. The van der Waals surface area contributed by atoms with Gasteiger partial charge in [0, 0.05) is 47.6 Å². The third-order valence-electron chi connectivity index (χ3n) is 12.8. The molecule has 63 heavy (non-hydrogen) atoms. The Kier molecular flexibility index (Phi) is 12.0. The van der Waals surface area contributed by atoms with Crippen LogP contribution in [0, 0.1) is 16.0 Å². The molecule has 2 amide bonds. The smallest absolute Gasteiger partial charge is 0.269 e. The van der Waals surface area contributed by atoms with Gasteiger partial charge in [-0.15, -0.1) is 5.10 Å². The number of methoxy groups -OCH3 is 2. The van der Waals surface area contributed by atoms with Crippen LogP contribution in [0.4, 0.5) is 17.1 Å². The molecule has 8 rings (SSSR count). The van der Waals surface area contributed by atoms with E-state index in [1.54, 1.807) is 60.2 Å². The second-order valence-electron chi connectivity index (χ2n) is 16.7. The zero-order valence-corrected chi connectivity index (χ0v) is 36.8. The van der Waals surface area contributed by atoms with Gasteiger partial charge in [0.15, 0.2) is 5.60 Å². The Labute approximate surface area is 366 Å². The second kappa shape index (κ2) is 17.6. The number of aliphatic hydroxyl groups is 1. The summed E-state index contributed by atoms with van der Waals surface area (Å²) in [5, 5.41) is 35.7. The number of hydrogen-bond donors (Lipinski definition) is 2. The predicted octanol–water partition coefficient (Wildman–Crippen LogP) is 7.43. The van der Waals surface area contributed by atoms with Crippen LogP contribution in [0.2, 0.25) is 18.6 Å². The Hall–Kier alpha value is -6.68. The van der Waals surface area contributed by atoms with Crippen molar-refractivity contribution in [2.45, 2.75) is 62.7 Å². The molecular formula is C48H50N6O8Si. The predicted molar refractivity (Wildman–Crippen MR) is 241 cm³/mol. The van der Waals surface area contributed by atoms with Gasteiger partial charge in [0.1, 0.15) is 11.5 Å². The number of rotatable bonds is 15. The SMILES string of the molecule is COc1ccc(C(=O)Nc2cccc(CN3C(=O)[C@]4(O[C@H](CCn5cc(C(CO)c6ccccc6)nn5)[C@@H]([Si](C)(C)c5ccc(OC)cc5)[C@@H]4C)c4cc([N+](=O)[O-])ccc43)c2)cc1. The van der Waals surface area contributed by atoms with Crippen molar-refractivity contribution in [3.63, 3.8) is 0 Å². The van der Waals surface area contributed by atoms with Gasteiger partial charge in [-0.3, -0.25) is 24.4 Å². The maximum Gasteiger partial charge on any atom is 0.269 e. The van der Waals surface area contributed by atoms with Crippen LogP contribution in [0.1, 0.15) is 52.0 Å². The van der Waals surface area contributed by atoms with E-state index in [4.69, 9.17) is 14.2 Å². The van der Waals surface area contributed by atoms with Gasteiger partial charge in [0.05, 0.1) is 63.8 Å². The summed E-state index contributed by atoms with van der Waals surface area (Å²) >= 11 is 0. The van der Waals surface area contributed by atoms with Gasteiger partial charge in [0.25, 0.3) is 17.5 Å². The number of nitrogens with zero attached hydrogens (tertiary/aromatic N) is 5. The number of fused-ring (bicyclic) bond motifs is 2. The van der Waals surface area contributed by atoms with Crippen molar-refractivity contribution >= 4 is 42.1 Å². The fraction of sp³-hybridized carbons (Fsp3) is 0.292. The third-order valence-corrected chi connectivity index (χ3v) is 17.2. The lowest BCUT2D eigenvalue weighted by molar-refractivity contribution is -0.385. The molecule has 1 unspecified atom stereocenters. The zero-order valence-electron chi connectivity index (χ0n) is 35.8. The summed E-state index contributed by atoms with van der Waals surface area (Å²) < 4.78 is 19.7. The molecule has 6 aromatic rings. The minimum atomic E-state index is -2.55. The number of benzene rings is 5. The van der Waals surface area contributed by atoms with Crippen LogP contribution in [0.5, 0.6) is 11.5 Å². The minimum absolute atomic E-state index is 0.123. The molecular weight excluding hydrogens is 817 g/mol. The van der Waals surface area contributed by atoms with Crippen molar-refractivity contribution < 1.29 is 33.8 Å². The number of aryl methyl sites for hydroxylation is 1. The largest absolute Gasteiger partial charge is 0.497 e.